The molecule has 0 unspecified atom stereocenters. The Hall–Kier alpha value is -2.31. The second-order valence-corrected chi connectivity index (χ2v) is 4.54. The molecule has 0 saturated carbocycles. The van der Waals surface area contributed by atoms with Crippen molar-refractivity contribution < 1.29 is 14.4 Å². The number of amides is 2. The number of urea groups is 1. The molecule has 0 saturated heterocycles. The van der Waals surface area contributed by atoms with E-state index in [1.54, 1.807) is 12.1 Å². The number of halogens is 1. The molecule has 110 valence electrons. The van der Waals surface area contributed by atoms with E-state index in [9.17, 15) is 9.18 Å². The maximum absolute atomic E-state index is 13.5. The Kier molecular flexibility index (Phi) is 5.76. The monoisotopic (exact) mass is 282 g/mol. The van der Waals surface area contributed by atoms with Crippen molar-refractivity contribution in [1.29, 1.82) is 0 Å². The molecular formula is C13H19FN4O2. The lowest BCUT2D eigenvalue weighted by Crippen LogP contribution is -2.42. The van der Waals surface area contributed by atoms with Crippen molar-refractivity contribution in [2.24, 2.45) is 10.9 Å². The maximum atomic E-state index is 13.5. The number of nitrogens with one attached hydrogen (secondary N) is 1. The molecule has 4 N–H and O–H groups in total. The minimum absolute atomic E-state index is 0.0364. The number of anilines is 1. The SMILES string of the molecule is CC(C)N(CCC(N)=NO)C(=O)Nc1ccccc1F. The second-order valence-electron chi connectivity index (χ2n) is 4.54. The van der Waals surface area contributed by atoms with Crippen LogP contribution in [0.2, 0.25) is 0 Å². The minimum atomic E-state index is -0.499. The molecule has 0 aliphatic rings. The van der Waals surface area contributed by atoms with Crippen LogP contribution in [0.4, 0.5) is 14.9 Å². The molecule has 20 heavy (non-hydrogen) atoms. The van der Waals surface area contributed by atoms with Gasteiger partial charge in [0.15, 0.2) is 0 Å². The highest BCUT2D eigenvalue weighted by molar-refractivity contribution is 5.90. The maximum Gasteiger partial charge on any atom is 0.322 e. The summed E-state index contributed by atoms with van der Waals surface area (Å²) >= 11 is 0. The molecule has 1 rings (SSSR count). The Balaban J connectivity index is 2.72. The number of hydrogen-bond donors (Lipinski definition) is 3. The smallest absolute Gasteiger partial charge is 0.322 e. The zero-order valence-corrected chi connectivity index (χ0v) is 11.5. The molecule has 2 amide bonds. The van der Waals surface area contributed by atoms with E-state index in [1.807, 2.05) is 13.8 Å². The predicted molar refractivity (Wildman–Crippen MR) is 75.3 cm³/mol. The molecule has 1 aromatic rings. The van der Waals surface area contributed by atoms with Crippen LogP contribution in [0.1, 0.15) is 20.3 Å². The Bertz CT molecular complexity index is 491. The Morgan fingerprint density at radius 1 is 1.50 bits per heavy atom. The zero-order chi connectivity index (χ0) is 15.1. The largest absolute Gasteiger partial charge is 0.409 e. The van der Waals surface area contributed by atoms with Crippen LogP contribution in [0.5, 0.6) is 0 Å². The third-order valence-corrected chi connectivity index (χ3v) is 2.74. The first-order valence-corrected chi connectivity index (χ1v) is 6.24. The van der Waals surface area contributed by atoms with Crippen LogP contribution in [0.3, 0.4) is 0 Å². The van der Waals surface area contributed by atoms with E-state index >= 15 is 0 Å². The number of hydrogen-bond acceptors (Lipinski definition) is 3. The van der Waals surface area contributed by atoms with Crippen molar-refractivity contribution in [3.05, 3.63) is 30.1 Å². The van der Waals surface area contributed by atoms with Gasteiger partial charge in [0.1, 0.15) is 11.7 Å². The standard InChI is InChI=1S/C13H19FN4O2/c1-9(2)18(8-7-12(15)17-20)13(19)16-11-6-4-3-5-10(11)14/h3-6,9,20H,7-8H2,1-2H3,(H2,15,17)(H,16,19). The average Bonchev–Trinajstić information content (AvgIpc) is 2.41. The minimum Gasteiger partial charge on any atom is -0.409 e. The van der Waals surface area contributed by atoms with Gasteiger partial charge >= 0.3 is 6.03 Å². The topological polar surface area (TPSA) is 90.9 Å². The summed E-state index contributed by atoms with van der Waals surface area (Å²) in [6.07, 6.45) is 0.235. The van der Waals surface area contributed by atoms with E-state index in [1.165, 1.54) is 17.0 Å². The first-order valence-electron chi connectivity index (χ1n) is 6.24. The molecule has 1 aromatic carbocycles. The van der Waals surface area contributed by atoms with Crippen LogP contribution in [0.15, 0.2) is 29.4 Å². The molecular weight excluding hydrogens is 263 g/mol. The summed E-state index contributed by atoms with van der Waals surface area (Å²) in [6, 6.07) is 5.39. The van der Waals surface area contributed by atoms with E-state index in [-0.39, 0.29) is 30.5 Å². The van der Waals surface area contributed by atoms with Crippen molar-refractivity contribution in [3.63, 3.8) is 0 Å². The van der Waals surface area contributed by atoms with Gasteiger partial charge in [0.2, 0.25) is 0 Å². The lowest BCUT2D eigenvalue weighted by Gasteiger charge is -2.26. The van der Waals surface area contributed by atoms with Gasteiger partial charge in [0.25, 0.3) is 0 Å². The Labute approximate surface area is 117 Å². The number of nitrogens with zero attached hydrogens (tertiary/aromatic N) is 2. The summed E-state index contributed by atoms with van der Waals surface area (Å²) in [6.45, 7) is 3.92. The summed E-state index contributed by atoms with van der Waals surface area (Å²) in [4.78, 5) is 13.6. The van der Waals surface area contributed by atoms with Gasteiger partial charge in [-0.3, -0.25) is 0 Å². The van der Waals surface area contributed by atoms with Gasteiger partial charge in [-0.2, -0.15) is 0 Å². The molecule has 7 heteroatoms. The van der Waals surface area contributed by atoms with Crippen LogP contribution >= 0.6 is 0 Å². The number of benzene rings is 1. The summed E-state index contributed by atoms with van der Waals surface area (Å²) < 4.78 is 13.5. The average molecular weight is 282 g/mol. The van der Waals surface area contributed by atoms with E-state index < -0.39 is 11.8 Å². The normalized spacial score (nSPS) is 11.5. The van der Waals surface area contributed by atoms with Crippen molar-refractivity contribution in [1.82, 2.24) is 4.90 Å². The Morgan fingerprint density at radius 2 is 2.15 bits per heavy atom. The Morgan fingerprint density at radius 3 is 2.70 bits per heavy atom. The van der Waals surface area contributed by atoms with Gasteiger partial charge in [-0.25, -0.2) is 9.18 Å². The van der Waals surface area contributed by atoms with Gasteiger partial charge in [-0.05, 0) is 26.0 Å². The van der Waals surface area contributed by atoms with Gasteiger partial charge in [0, 0.05) is 19.0 Å². The molecule has 0 aromatic heterocycles. The summed E-state index contributed by atoms with van der Waals surface area (Å²) in [5.74, 6) is -0.463. The lowest BCUT2D eigenvalue weighted by molar-refractivity contribution is 0.198. The third-order valence-electron chi connectivity index (χ3n) is 2.74. The highest BCUT2D eigenvalue weighted by Crippen LogP contribution is 2.14. The molecule has 0 spiro atoms. The quantitative estimate of drug-likeness (QED) is 0.334. The first-order chi connectivity index (χ1) is 9.45. The number of para-hydroxylation sites is 1. The number of oxime groups is 1. The molecule has 0 heterocycles. The second kappa shape index (κ2) is 7.32. The van der Waals surface area contributed by atoms with E-state index in [2.05, 4.69) is 10.5 Å². The van der Waals surface area contributed by atoms with Crippen molar-refractivity contribution in [2.75, 3.05) is 11.9 Å². The van der Waals surface area contributed by atoms with Gasteiger partial charge < -0.3 is 21.2 Å². The number of amidine groups is 1. The fourth-order valence-corrected chi connectivity index (χ4v) is 1.63. The van der Waals surface area contributed by atoms with Crippen molar-refractivity contribution >= 4 is 17.6 Å². The highest BCUT2D eigenvalue weighted by atomic mass is 19.1. The molecule has 0 aliphatic carbocycles. The summed E-state index contributed by atoms with van der Waals surface area (Å²) in [7, 11) is 0. The fraction of sp³-hybridized carbons (Fsp3) is 0.385. The third kappa shape index (κ3) is 4.42. The highest BCUT2D eigenvalue weighted by Gasteiger charge is 2.18. The van der Waals surface area contributed by atoms with Gasteiger partial charge in [0.05, 0.1) is 5.69 Å². The van der Waals surface area contributed by atoms with E-state index in [0.29, 0.717) is 0 Å². The van der Waals surface area contributed by atoms with Crippen molar-refractivity contribution in [2.45, 2.75) is 26.3 Å². The van der Waals surface area contributed by atoms with Gasteiger partial charge in [-0.15, -0.1) is 0 Å². The molecule has 0 radical (unpaired) electrons. The van der Waals surface area contributed by atoms with Crippen LogP contribution < -0.4 is 11.1 Å². The molecule has 0 bridgehead atoms. The van der Waals surface area contributed by atoms with E-state index in [4.69, 9.17) is 10.9 Å². The van der Waals surface area contributed by atoms with Crippen LogP contribution in [0.25, 0.3) is 0 Å². The number of nitrogens with two attached hydrogens (primary N) is 1. The van der Waals surface area contributed by atoms with Crippen LogP contribution in [-0.2, 0) is 0 Å². The van der Waals surface area contributed by atoms with E-state index in [0.717, 1.165) is 0 Å². The molecule has 6 nitrogen and oxygen atoms in total. The molecule has 0 fully saturated rings. The lowest BCUT2D eigenvalue weighted by atomic mass is 10.2. The zero-order valence-electron chi connectivity index (χ0n) is 11.5. The predicted octanol–water partition coefficient (Wildman–Crippen LogP) is 2.20. The van der Waals surface area contributed by atoms with Crippen molar-refractivity contribution in [3.8, 4) is 0 Å². The number of carbonyl (C=O) groups is 1. The number of rotatable bonds is 5. The fourth-order valence-electron chi connectivity index (χ4n) is 1.63. The van der Waals surface area contributed by atoms with Gasteiger partial charge in [-0.1, -0.05) is 17.3 Å². The molecule has 0 atom stereocenters. The summed E-state index contributed by atoms with van der Waals surface area (Å²) in [5.41, 5.74) is 5.50. The first kappa shape index (κ1) is 15.7. The summed E-state index contributed by atoms with van der Waals surface area (Å²) in [5, 5.41) is 13.8. The molecule has 0 aliphatic heterocycles. The van der Waals surface area contributed by atoms with Crippen LogP contribution in [-0.4, -0.2) is 34.6 Å². The number of carbonyl (C=O) groups excluding carboxylic acids is 1. The van der Waals surface area contributed by atoms with Crippen LogP contribution in [0, 0.1) is 5.82 Å².